The van der Waals surface area contributed by atoms with Gasteiger partial charge in [-0.25, -0.2) is 4.98 Å². The quantitative estimate of drug-likeness (QED) is 0.827. The van der Waals surface area contributed by atoms with Crippen LogP contribution in [0.2, 0.25) is 0 Å². The SMILES string of the molecule is CC(=O)Cc1sc(-c2ccc(C(C)C)cc2)nc1C. The smallest absolute Gasteiger partial charge is 0.135 e. The molecule has 0 bridgehead atoms. The summed E-state index contributed by atoms with van der Waals surface area (Å²) in [6.07, 6.45) is 0.494. The Labute approximate surface area is 118 Å². The van der Waals surface area contributed by atoms with Crippen LogP contribution in [0.25, 0.3) is 10.6 Å². The van der Waals surface area contributed by atoms with E-state index in [4.69, 9.17) is 0 Å². The van der Waals surface area contributed by atoms with Crippen LogP contribution in [-0.2, 0) is 11.2 Å². The van der Waals surface area contributed by atoms with Gasteiger partial charge in [0.25, 0.3) is 0 Å². The molecule has 0 unspecified atom stereocenters. The Hall–Kier alpha value is -1.48. The van der Waals surface area contributed by atoms with Crippen LogP contribution in [0, 0.1) is 6.92 Å². The predicted octanol–water partition coefficient (Wildman–Crippen LogP) is 4.37. The summed E-state index contributed by atoms with van der Waals surface area (Å²) in [6, 6.07) is 8.54. The number of Topliss-reactive ketones (excluding diaryl/α,β-unsaturated/α-hetero) is 1. The van der Waals surface area contributed by atoms with Gasteiger partial charge in [0.15, 0.2) is 0 Å². The molecule has 19 heavy (non-hydrogen) atoms. The lowest BCUT2D eigenvalue weighted by atomic mass is 10.0. The number of benzene rings is 1. The monoisotopic (exact) mass is 273 g/mol. The zero-order valence-electron chi connectivity index (χ0n) is 11.9. The van der Waals surface area contributed by atoms with Gasteiger partial charge in [-0.05, 0) is 25.3 Å². The number of hydrogen-bond acceptors (Lipinski definition) is 3. The second kappa shape index (κ2) is 5.66. The molecule has 0 N–H and O–H groups in total. The van der Waals surface area contributed by atoms with E-state index in [9.17, 15) is 4.79 Å². The van der Waals surface area contributed by atoms with Crippen LogP contribution in [-0.4, -0.2) is 10.8 Å². The second-order valence-corrected chi connectivity index (χ2v) is 6.27. The molecule has 0 atom stereocenters. The molecule has 0 saturated heterocycles. The molecule has 2 nitrogen and oxygen atoms in total. The minimum atomic E-state index is 0.188. The number of aryl methyl sites for hydroxylation is 1. The van der Waals surface area contributed by atoms with Gasteiger partial charge in [0.1, 0.15) is 10.8 Å². The third kappa shape index (κ3) is 3.29. The molecule has 100 valence electrons. The summed E-state index contributed by atoms with van der Waals surface area (Å²) in [7, 11) is 0. The van der Waals surface area contributed by atoms with Crippen molar-refractivity contribution in [2.75, 3.05) is 0 Å². The van der Waals surface area contributed by atoms with Crippen molar-refractivity contribution >= 4 is 17.1 Å². The molecule has 2 rings (SSSR count). The normalized spacial score (nSPS) is 11.0. The topological polar surface area (TPSA) is 30.0 Å². The number of nitrogens with zero attached hydrogens (tertiary/aromatic N) is 1. The molecule has 1 aromatic heterocycles. The van der Waals surface area contributed by atoms with Crippen LogP contribution >= 0.6 is 11.3 Å². The number of carbonyl (C=O) groups is 1. The van der Waals surface area contributed by atoms with Gasteiger partial charge in [0.2, 0.25) is 0 Å². The zero-order valence-corrected chi connectivity index (χ0v) is 12.7. The zero-order chi connectivity index (χ0) is 14.0. The first kappa shape index (κ1) is 13.9. The summed E-state index contributed by atoms with van der Waals surface area (Å²) >= 11 is 1.62. The summed E-state index contributed by atoms with van der Waals surface area (Å²) in [6.45, 7) is 7.97. The Bertz CT molecular complexity index is 581. The van der Waals surface area contributed by atoms with E-state index in [2.05, 4.69) is 43.1 Å². The summed E-state index contributed by atoms with van der Waals surface area (Å²) in [5.74, 6) is 0.730. The fourth-order valence-corrected chi connectivity index (χ4v) is 3.09. The highest BCUT2D eigenvalue weighted by Crippen LogP contribution is 2.29. The van der Waals surface area contributed by atoms with Crippen molar-refractivity contribution in [2.45, 2.75) is 40.0 Å². The minimum Gasteiger partial charge on any atom is -0.300 e. The molecule has 0 aliphatic heterocycles. The fraction of sp³-hybridized carbons (Fsp3) is 0.375. The Morgan fingerprint density at radius 3 is 2.42 bits per heavy atom. The number of rotatable bonds is 4. The maximum absolute atomic E-state index is 11.2. The minimum absolute atomic E-state index is 0.188. The van der Waals surface area contributed by atoms with Crippen LogP contribution in [0.15, 0.2) is 24.3 Å². The van der Waals surface area contributed by atoms with E-state index in [1.807, 2.05) is 6.92 Å². The van der Waals surface area contributed by atoms with Crippen LogP contribution in [0.1, 0.15) is 42.8 Å². The largest absolute Gasteiger partial charge is 0.300 e. The van der Waals surface area contributed by atoms with Gasteiger partial charge in [-0.2, -0.15) is 0 Å². The van der Waals surface area contributed by atoms with Crippen molar-refractivity contribution in [1.82, 2.24) is 4.98 Å². The number of aromatic nitrogens is 1. The van der Waals surface area contributed by atoms with Gasteiger partial charge in [-0.15, -0.1) is 11.3 Å². The van der Waals surface area contributed by atoms with E-state index < -0.39 is 0 Å². The van der Waals surface area contributed by atoms with E-state index in [1.54, 1.807) is 18.3 Å². The molecule has 0 aliphatic rings. The van der Waals surface area contributed by atoms with Gasteiger partial charge in [0.05, 0.1) is 5.69 Å². The van der Waals surface area contributed by atoms with Crippen LogP contribution in [0.4, 0.5) is 0 Å². The number of thiazole rings is 1. The molecule has 0 amide bonds. The van der Waals surface area contributed by atoms with Crippen LogP contribution < -0.4 is 0 Å². The number of hydrogen-bond donors (Lipinski definition) is 0. The lowest BCUT2D eigenvalue weighted by Crippen LogP contribution is -1.94. The molecule has 1 heterocycles. The Kier molecular flexibility index (Phi) is 4.15. The Morgan fingerprint density at radius 1 is 1.26 bits per heavy atom. The maximum Gasteiger partial charge on any atom is 0.135 e. The van der Waals surface area contributed by atoms with Gasteiger partial charge >= 0.3 is 0 Å². The highest BCUT2D eigenvalue weighted by atomic mass is 32.1. The molecule has 0 saturated carbocycles. The summed E-state index contributed by atoms with van der Waals surface area (Å²) in [5.41, 5.74) is 3.44. The van der Waals surface area contributed by atoms with E-state index >= 15 is 0 Å². The van der Waals surface area contributed by atoms with Gasteiger partial charge in [-0.1, -0.05) is 38.1 Å². The van der Waals surface area contributed by atoms with Gasteiger partial charge in [-0.3, -0.25) is 4.79 Å². The molecular formula is C16H19NOS. The van der Waals surface area contributed by atoms with Crippen molar-refractivity contribution in [3.8, 4) is 10.6 Å². The van der Waals surface area contributed by atoms with E-state index in [-0.39, 0.29) is 5.78 Å². The predicted molar refractivity (Wildman–Crippen MR) is 80.8 cm³/mol. The summed E-state index contributed by atoms with van der Waals surface area (Å²) < 4.78 is 0. The summed E-state index contributed by atoms with van der Waals surface area (Å²) in [5, 5.41) is 1.00. The van der Waals surface area contributed by atoms with Crippen LogP contribution in [0.5, 0.6) is 0 Å². The van der Waals surface area contributed by atoms with Gasteiger partial charge in [0, 0.05) is 16.9 Å². The molecule has 0 aliphatic carbocycles. The van der Waals surface area contributed by atoms with E-state index in [0.717, 1.165) is 21.1 Å². The second-order valence-electron chi connectivity index (χ2n) is 5.18. The number of ketones is 1. The lowest BCUT2D eigenvalue weighted by Gasteiger charge is -2.05. The summed E-state index contributed by atoms with van der Waals surface area (Å²) in [4.78, 5) is 16.9. The van der Waals surface area contributed by atoms with Crippen molar-refractivity contribution in [2.24, 2.45) is 0 Å². The van der Waals surface area contributed by atoms with Crippen molar-refractivity contribution < 1.29 is 4.79 Å². The van der Waals surface area contributed by atoms with E-state index in [1.165, 1.54) is 5.56 Å². The molecule has 1 aromatic carbocycles. The average molecular weight is 273 g/mol. The highest BCUT2D eigenvalue weighted by molar-refractivity contribution is 7.15. The van der Waals surface area contributed by atoms with Crippen molar-refractivity contribution in [3.05, 3.63) is 40.4 Å². The van der Waals surface area contributed by atoms with Crippen molar-refractivity contribution in [3.63, 3.8) is 0 Å². The number of carbonyl (C=O) groups excluding carboxylic acids is 1. The molecule has 3 heteroatoms. The average Bonchev–Trinajstić information content (AvgIpc) is 2.70. The standard InChI is InChI=1S/C16H19NOS/c1-10(2)13-5-7-14(8-6-13)16-17-12(4)15(19-16)9-11(3)18/h5-8,10H,9H2,1-4H3. The first-order valence-electron chi connectivity index (χ1n) is 6.53. The maximum atomic E-state index is 11.2. The lowest BCUT2D eigenvalue weighted by molar-refractivity contribution is -0.116. The molecule has 0 radical (unpaired) electrons. The first-order valence-corrected chi connectivity index (χ1v) is 7.35. The van der Waals surface area contributed by atoms with Gasteiger partial charge < -0.3 is 0 Å². The van der Waals surface area contributed by atoms with Crippen LogP contribution in [0.3, 0.4) is 0 Å². The fourth-order valence-electron chi connectivity index (χ4n) is 1.95. The Balaban J connectivity index is 2.29. The highest BCUT2D eigenvalue weighted by Gasteiger charge is 2.11. The van der Waals surface area contributed by atoms with Crippen molar-refractivity contribution in [1.29, 1.82) is 0 Å². The molecule has 0 spiro atoms. The molecule has 2 aromatic rings. The third-order valence-corrected chi connectivity index (χ3v) is 4.33. The third-order valence-electron chi connectivity index (χ3n) is 3.13. The molecular weight excluding hydrogens is 254 g/mol. The first-order chi connectivity index (χ1) is 8.97. The Morgan fingerprint density at radius 2 is 1.89 bits per heavy atom. The molecule has 0 fully saturated rings. The van der Waals surface area contributed by atoms with E-state index in [0.29, 0.717) is 12.3 Å².